The Morgan fingerprint density at radius 2 is 1.06 bits per heavy atom. The van der Waals surface area contributed by atoms with Crippen molar-refractivity contribution < 1.29 is 67.8 Å². The van der Waals surface area contributed by atoms with Crippen LogP contribution in [0.4, 0.5) is 0 Å². The van der Waals surface area contributed by atoms with Crippen LogP contribution >= 0.6 is 7.82 Å². The molecule has 2 aliphatic rings. The second-order valence-electron chi connectivity index (χ2n) is 16.6. The van der Waals surface area contributed by atoms with E-state index in [0.717, 1.165) is 77.0 Å². The molecule has 1 heterocycles. The smallest absolute Gasteiger partial charge is 0.462 e. The Hall–Kier alpha value is -3.27. The Kier molecular flexibility index (Phi) is 32.8. The van der Waals surface area contributed by atoms with E-state index in [2.05, 4.69) is 98.9 Å². The molecule has 5 unspecified atom stereocenters. The summed E-state index contributed by atoms with van der Waals surface area (Å²) >= 11 is 0. The van der Waals surface area contributed by atoms with Gasteiger partial charge in [-0.25, -0.2) is 4.57 Å². The number of ether oxygens (including phenoxy) is 3. The summed E-state index contributed by atoms with van der Waals surface area (Å²) in [6.07, 6.45) is 37.8. The van der Waals surface area contributed by atoms with Crippen LogP contribution in [0.15, 0.2) is 97.2 Å². The summed E-state index contributed by atoms with van der Waals surface area (Å²) in [5, 5.41) is 50.2. The molecule has 66 heavy (non-hydrogen) atoms. The van der Waals surface area contributed by atoms with E-state index in [1.165, 1.54) is 19.3 Å². The molecule has 2 fully saturated rings. The molecule has 1 aliphatic carbocycles. The van der Waals surface area contributed by atoms with Gasteiger partial charge in [-0.05, 0) is 89.9 Å². The number of unbranched alkanes of at least 4 members (excludes halogenated alkanes) is 6. The van der Waals surface area contributed by atoms with Crippen LogP contribution in [-0.2, 0) is 37.4 Å². The predicted octanol–water partition coefficient (Wildman–Crippen LogP) is 8.82. The van der Waals surface area contributed by atoms with Gasteiger partial charge in [-0.2, -0.15) is 0 Å². The first kappa shape index (κ1) is 58.9. The van der Waals surface area contributed by atoms with E-state index in [4.69, 9.17) is 23.3 Å². The zero-order valence-corrected chi connectivity index (χ0v) is 40.3. The highest BCUT2D eigenvalue weighted by Crippen LogP contribution is 2.47. The molecule has 1 saturated heterocycles. The Labute approximate surface area is 394 Å². The molecule has 1 saturated carbocycles. The number of rotatable bonds is 37. The molecule has 15 heteroatoms. The first-order valence-corrected chi connectivity index (χ1v) is 25.7. The average Bonchev–Trinajstić information content (AvgIpc) is 4.06. The normalized spacial score (nSPS) is 25.2. The number of allylic oxidation sites excluding steroid dienone is 15. The number of phosphoric ester groups is 1. The number of hydrogen-bond donors (Lipinski definition) is 6. The van der Waals surface area contributed by atoms with Crippen LogP contribution in [0.1, 0.15) is 142 Å². The maximum atomic E-state index is 12.8. The SMILES string of the molecule is CC/C=C\C/C=C\C/C=C\C/C=C\C/C=C\CCCCCC(=O)OC[C@H](COP(=O)(O)OC1[C@H](O)[C@H](O)C(O)[C@H](O)[C@H]1O)OC(=O)CCC/C=C\C/C=C\C/C=C\CC1OC1CCCCC. The Balaban J connectivity index is 1.73. The maximum Gasteiger partial charge on any atom is 0.472 e. The first-order chi connectivity index (χ1) is 31.9. The molecular formula is C51H81O14P. The van der Waals surface area contributed by atoms with E-state index in [0.29, 0.717) is 31.5 Å². The second kappa shape index (κ2) is 36.7. The molecule has 0 bridgehead atoms. The van der Waals surface area contributed by atoms with Crippen LogP contribution in [0.5, 0.6) is 0 Å². The Morgan fingerprint density at radius 1 is 0.561 bits per heavy atom. The number of esters is 2. The molecule has 0 spiro atoms. The molecule has 10 atom stereocenters. The summed E-state index contributed by atoms with van der Waals surface area (Å²) in [4.78, 5) is 35.8. The lowest BCUT2D eigenvalue weighted by Crippen LogP contribution is -2.64. The number of aliphatic hydroxyl groups is 5. The number of carbonyl (C=O) groups is 2. The van der Waals surface area contributed by atoms with Crippen LogP contribution in [0, 0.1) is 0 Å². The van der Waals surface area contributed by atoms with Crippen molar-refractivity contribution in [2.45, 2.75) is 197 Å². The minimum atomic E-state index is -5.15. The zero-order valence-electron chi connectivity index (χ0n) is 39.4. The highest BCUT2D eigenvalue weighted by Gasteiger charge is 2.51. The standard InChI is InChI=1S/C51H81O14P/c1-3-5-7-8-9-10-11-12-13-14-15-16-17-18-19-23-26-29-33-37-44(52)61-39-41(40-62-66(59,60)65-51-49(57)47(55)46(54)48(56)50(51)58)63-45(53)38-34-30-27-24-21-20-22-25-28-32-36-43-42(64-43)35-31-6-4-2/h5,7,9-10,12-13,15-16,18-20,22,24,27-28,32,41-43,46-51,54-58H,3-4,6,8,11,14,17,21,23,25-26,29-31,33-40H2,1-2H3,(H,59,60)/b7-5-,10-9-,13-12-,16-15-,19-18-,22-20-,27-24-,32-28-/t41-,42?,43?,46?,47-,48+,49-,50-,51?/m1/s1. The van der Waals surface area contributed by atoms with Crippen molar-refractivity contribution >= 4 is 19.8 Å². The van der Waals surface area contributed by atoms with Crippen LogP contribution in [0.3, 0.4) is 0 Å². The van der Waals surface area contributed by atoms with Crippen molar-refractivity contribution in [1.82, 2.24) is 0 Å². The van der Waals surface area contributed by atoms with Gasteiger partial charge in [-0.15, -0.1) is 0 Å². The first-order valence-electron chi connectivity index (χ1n) is 24.2. The summed E-state index contributed by atoms with van der Waals surface area (Å²) < 4.78 is 39.2. The van der Waals surface area contributed by atoms with Gasteiger partial charge >= 0.3 is 19.8 Å². The van der Waals surface area contributed by atoms with Crippen molar-refractivity contribution in [2.75, 3.05) is 13.2 Å². The van der Waals surface area contributed by atoms with Crippen LogP contribution < -0.4 is 0 Å². The van der Waals surface area contributed by atoms with Gasteiger partial charge in [-0.1, -0.05) is 137 Å². The van der Waals surface area contributed by atoms with Gasteiger partial charge in [0.25, 0.3) is 0 Å². The molecule has 2 rings (SSSR count). The lowest BCUT2D eigenvalue weighted by atomic mass is 9.85. The summed E-state index contributed by atoms with van der Waals surface area (Å²) in [7, 11) is -5.15. The van der Waals surface area contributed by atoms with Crippen LogP contribution in [-0.4, -0.2) is 111 Å². The lowest BCUT2D eigenvalue weighted by molar-refractivity contribution is -0.220. The average molecular weight is 949 g/mol. The van der Waals surface area contributed by atoms with Crippen LogP contribution in [0.25, 0.3) is 0 Å². The number of hydrogen-bond acceptors (Lipinski definition) is 13. The van der Waals surface area contributed by atoms with E-state index in [1.807, 2.05) is 12.2 Å². The molecule has 374 valence electrons. The minimum Gasteiger partial charge on any atom is -0.462 e. The van der Waals surface area contributed by atoms with E-state index in [-0.39, 0.29) is 12.8 Å². The lowest BCUT2D eigenvalue weighted by Gasteiger charge is -2.41. The third-order valence-corrected chi connectivity index (χ3v) is 11.8. The summed E-state index contributed by atoms with van der Waals surface area (Å²) in [5.41, 5.74) is 0. The fourth-order valence-corrected chi connectivity index (χ4v) is 7.84. The van der Waals surface area contributed by atoms with Crippen molar-refractivity contribution in [3.8, 4) is 0 Å². The largest absolute Gasteiger partial charge is 0.472 e. The molecule has 0 aromatic carbocycles. The molecule has 1 aliphatic heterocycles. The number of epoxide rings is 1. The van der Waals surface area contributed by atoms with Crippen LogP contribution in [0.2, 0.25) is 0 Å². The molecule has 0 aromatic heterocycles. The van der Waals surface area contributed by atoms with E-state index < -0.39 is 75.7 Å². The number of phosphoric acid groups is 1. The van der Waals surface area contributed by atoms with Gasteiger partial charge in [0.05, 0.1) is 18.8 Å². The van der Waals surface area contributed by atoms with Crippen molar-refractivity contribution in [1.29, 1.82) is 0 Å². The van der Waals surface area contributed by atoms with Gasteiger partial charge in [-0.3, -0.25) is 18.6 Å². The number of aliphatic hydroxyl groups excluding tert-OH is 5. The van der Waals surface area contributed by atoms with Crippen molar-refractivity contribution in [2.24, 2.45) is 0 Å². The summed E-state index contributed by atoms with van der Waals surface area (Å²) in [6.45, 7) is 3.07. The van der Waals surface area contributed by atoms with E-state index in [9.17, 15) is 44.6 Å². The molecule has 0 amide bonds. The Bertz CT molecular complexity index is 1590. The fourth-order valence-electron chi connectivity index (χ4n) is 6.87. The monoisotopic (exact) mass is 949 g/mol. The maximum absolute atomic E-state index is 12.8. The van der Waals surface area contributed by atoms with Gasteiger partial charge < -0.3 is 44.6 Å². The Morgan fingerprint density at radius 3 is 1.62 bits per heavy atom. The second-order valence-corrected chi connectivity index (χ2v) is 18.0. The molecular weight excluding hydrogens is 868 g/mol. The molecule has 14 nitrogen and oxygen atoms in total. The summed E-state index contributed by atoms with van der Waals surface area (Å²) in [5.74, 6) is -1.22. The highest BCUT2D eigenvalue weighted by atomic mass is 31.2. The summed E-state index contributed by atoms with van der Waals surface area (Å²) in [6, 6.07) is 0. The van der Waals surface area contributed by atoms with Crippen molar-refractivity contribution in [3.63, 3.8) is 0 Å². The third kappa shape index (κ3) is 28.2. The van der Waals surface area contributed by atoms with E-state index in [1.54, 1.807) is 0 Å². The van der Waals surface area contributed by atoms with E-state index >= 15 is 0 Å². The molecule has 0 aromatic rings. The third-order valence-electron chi connectivity index (χ3n) is 10.8. The molecule has 6 N–H and O–H groups in total. The van der Waals surface area contributed by atoms with Crippen molar-refractivity contribution in [3.05, 3.63) is 97.2 Å². The minimum absolute atomic E-state index is 0.00330. The van der Waals surface area contributed by atoms with Gasteiger partial charge in [0, 0.05) is 12.8 Å². The van der Waals surface area contributed by atoms with Gasteiger partial charge in [0.1, 0.15) is 43.2 Å². The quantitative estimate of drug-likeness (QED) is 0.0113. The molecule has 0 radical (unpaired) electrons. The number of carbonyl (C=O) groups excluding carboxylic acids is 2. The topological polar surface area (TPSA) is 222 Å². The van der Waals surface area contributed by atoms with Gasteiger partial charge in [0.2, 0.25) is 0 Å². The predicted molar refractivity (Wildman–Crippen MR) is 257 cm³/mol. The van der Waals surface area contributed by atoms with Gasteiger partial charge in [0.15, 0.2) is 6.10 Å². The highest BCUT2D eigenvalue weighted by molar-refractivity contribution is 7.47. The zero-order chi connectivity index (χ0) is 48.3. The fraction of sp³-hybridized carbons (Fsp3) is 0.647.